The summed E-state index contributed by atoms with van der Waals surface area (Å²) in [5, 5.41) is 7.02. The fourth-order valence-electron chi connectivity index (χ4n) is 4.24. The Balaban J connectivity index is 1.21. The number of nitrogens with zero attached hydrogens (tertiary/aromatic N) is 3. The molecule has 0 spiro atoms. The van der Waals surface area contributed by atoms with Gasteiger partial charge in [0, 0.05) is 36.2 Å². The lowest BCUT2D eigenvalue weighted by Crippen LogP contribution is -2.41. The van der Waals surface area contributed by atoms with Crippen molar-refractivity contribution in [3.8, 4) is 11.4 Å². The largest absolute Gasteiger partial charge is 0.339 e. The lowest BCUT2D eigenvalue weighted by Gasteiger charge is -2.30. The summed E-state index contributed by atoms with van der Waals surface area (Å²) in [6, 6.07) is 12.5. The maximum absolute atomic E-state index is 13.2. The fourth-order valence-corrected chi connectivity index (χ4v) is 5.71. The molecule has 34 heavy (non-hydrogen) atoms. The molecule has 8 nitrogen and oxygen atoms in total. The van der Waals surface area contributed by atoms with E-state index in [4.69, 9.17) is 4.52 Å². The number of aryl methyl sites for hydroxylation is 2. The average molecular weight is 481 g/mol. The van der Waals surface area contributed by atoms with Gasteiger partial charge >= 0.3 is 0 Å². The number of hydrogen-bond donors (Lipinski definition) is 1. The van der Waals surface area contributed by atoms with Crippen LogP contribution < -0.4 is 5.32 Å². The number of amides is 1. The van der Waals surface area contributed by atoms with E-state index in [2.05, 4.69) is 15.5 Å². The van der Waals surface area contributed by atoms with Crippen LogP contribution in [-0.2, 0) is 14.8 Å². The highest BCUT2D eigenvalue weighted by Crippen LogP contribution is 2.39. The van der Waals surface area contributed by atoms with Crippen molar-refractivity contribution in [1.29, 1.82) is 0 Å². The highest BCUT2D eigenvalue weighted by Gasteiger charge is 2.33. The van der Waals surface area contributed by atoms with Crippen LogP contribution in [0.4, 0.5) is 5.69 Å². The molecule has 2 fully saturated rings. The van der Waals surface area contributed by atoms with Crippen LogP contribution in [0.15, 0.2) is 51.9 Å². The van der Waals surface area contributed by atoms with Gasteiger partial charge in [-0.25, -0.2) is 8.42 Å². The highest BCUT2D eigenvalue weighted by atomic mass is 32.2. The SMILES string of the molecule is Cc1ccc(C)c(NC(=O)C2CCN(S(=O)(=O)c3ccc(-c4noc(C5CC5)n4)cc3)CC2)c1. The summed E-state index contributed by atoms with van der Waals surface area (Å²) in [6.07, 6.45) is 3.12. The minimum Gasteiger partial charge on any atom is -0.339 e. The second kappa shape index (κ2) is 8.96. The van der Waals surface area contributed by atoms with E-state index < -0.39 is 10.0 Å². The lowest BCUT2D eigenvalue weighted by atomic mass is 9.97. The van der Waals surface area contributed by atoms with Gasteiger partial charge in [-0.05, 0) is 81.0 Å². The van der Waals surface area contributed by atoms with Gasteiger partial charge in [0.15, 0.2) is 0 Å². The zero-order valence-corrected chi connectivity index (χ0v) is 20.1. The van der Waals surface area contributed by atoms with Crippen molar-refractivity contribution >= 4 is 21.6 Å². The Kier molecular flexibility index (Phi) is 5.99. The van der Waals surface area contributed by atoms with Crippen molar-refractivity contribution < 1.29 is 17.7 Å². The van der Waals surface area contributed by atoms with Crippen molar-refractivity contribution in [2.45, 2.75) is 50.3 Å². The van der Waals surface area contributed by atoms with E-state index in [1.165, 1.54) is 4.31 Å². The Morgan fingerprint density at radius 1 is 1.03 bits per heavy atom. The van der Waals surface area contributed by atoms with Crippen molar-refractivity contribution in [1.82, 2.24) is 14.4 Å². The molecule has 1 aliphatic heterocycles. The number of piperidine rings is 1. The maximum Gasteiger partial charge on any atom is 0.243 e. The van der Waals surface area contributed by atoms with Gasteiger partial charge in [-0.15, -0.1) is 0 Å². The third-order valence-electron chi connectivity index (χ3n) is 6.59. The number of sulfonamides is 1. The molecule has 3 aromatic rings. The molecule has 1 saturated heterocycles. The molecule has 178 valence electrons. The number of carbonyl (C=O) groups excluding carboxylic acids is 1. The predicted molar refractivity (Wildman–Crippen MR) is 128 cm³/mol. The van der Waals surface area contributed by atoms with Crippen LogP contribution in [0.25, 0.3) is 11.4 Å². The molecule has 1 amide bonds. The molecule has 2 heterocycles. The molecule has 1 aliphatic carbocycles. The van der Waals surface area contributed by atoms with E-state index in [0.29, 0.717) is 43.6 Å². The van der Waals surface area contributed by atoms with Crippen LogP contribution in [0.5, 0.6) is 0 Å². The summed E-state index contributed by atoms with van der Waals surface area (Å²) in [6.45, 7) is 4.56. The van der Waals surface area contributed by atoms with Crippen LogP contribution >= 0.6 is 0 Å². The molecule has 1 N–H and O–H groups in total. The normalized spacial score (nSPS) is 17.6. The molecule has 2 aromatic carbocycles. The molecular weight excluding hydrogens is 452 g/mol. The fraction of sp³-hybridized carbons (Fsp3) is 0.400. The quantitative estimate of drug-likeness (QED) is 0.565. The second-order valence-electron chi connectivity index (χ2n) is 9.24. The first kappa shape index (κ1) is 22.7. The van der Waals surface area contributed by atoms with Crippen LogP contribution in [0.1, 0.15) is 48.6 Å². The molecule has 1 saturated carbocycles. The van der Waals surface area contributed by atoms with Crippen LogP contribution in [-0.4, -0.2) is 41.9 Å². The maximum atomic E-state index is 13.2. The summed E-state index contributed by atoms with van der Waals surface area (Å²) < 4.78 is 33.1. The Bertz CT molecular complexity index is 1300. The molecule has 0 bridgehead atoms. The van der Waals surface area contributed by atoms with Gasteiger partial charge in [-0.1, -0.05) is 17.3 Å². The summed E-state index contributed by atoms with van der Waals surface area (Å²) in [4.78, 5) is 17.4. The minimum atomic E-state index is -3.64. The van der Waals surface area contributed by atoms with Crippen molar-refractivity contribution in [2.24, 2.45) is 5.92 Å². The molecule has 5 rings (SSSR count). The first-order valence-corrected chi connectivity index (χ1v) is 13.1. The Morgan fingerprint density at radius 2 is 1.74 bits per heavy atom. The lowest BCUT2D eigenvalue weighted by molar-refractivity contribution is -0.120. The third kappa shape index (κ3) is 4.63. The van der Waals surface area contributed by atoms with Gasteiger partial charge in [-0.2, -0.15) is 9.29 Å². The molecule has 1 aromatic heterocycles. The van der Waals surface area contributed by atoms with Crippen molar-refractivity contribution in [3.05, 3.63) is 59.5 Å². The standard InChI is InChI=1S/C25H28N4O4S/c1-16-3-4-17(2)22(15-16)26-24(30)19-11-13-29(14-12-19)34(31,32)21-9-7-18(8-10-21)23-27-25(33-28-23)20-5-6-20/h3-4,7-10,15,19-20H,5-6,11-14H2,1-2H3,(H,26,30). The third-order valence-corrected chi connectivity index (χ3v) is 8.51. The summed E-state index contributed by atoms with van der Waals surface area (Å²) in [5.41, 5.74) is 3.62. The Labute approximate surface area is 199 Å². The van der Waals surface area contributed by atoms with Gasteiger partial charge in [0.2, 0.25) is 27.6 Å². The number of benzene rings is 2. The number of aromatic nitrogens is 2. The highest BCUT2D eigenvalue weighted by molar-refractivity contribution is 7.89. The van der Waals surface area contributed by atoms with Crippen molar-refractivity contribution in [2.75, 3.05) is 18.4 Å². The molecular formula is C25H28N4O4S. The van der Waals surface area contributed by atoms with Gasteiger partial charge in [0.25, 0.3) is 0 Å². The number of carbonyl (C=O) groups is 1. The van der Waals surface area contributed by atoms with Gasteiger partial charge in [-0.3, -0.25) is 4.79 Å². The number of nitrogens with one attached hydrogen (secondary N) is 1. The summed E-state index contributed by atoms with van der Waals surface area (Å²) in [5.74, 6) is 1.22. The molecule has 0 unspecified atom stereocenters. The van der Waals surface area contributed by atoms with E-state index >= 15 is 0 Å². The Morgan fingerprint density at radius 3 is 2.41 bits per heavy atom. The predicted octanol–water partition coefficient (Wildman–Crippen LogP) is 4.27. The van der Waals surface area contributed by atoms with Crippen LogP contribution in [0, 0.1) is 19.8 Å². The van der Waals surface area contributed by atoms with Crippen LogP contribution in [0.2, 0.25) is 0 Å². The second-order valence-corrected chi connectivity index (χ2v) is 11.2. The monoisotopic (exact) mass is 480 g/mol. The zero-order chi connectivity index (χ0) is 23.9. The van der Waals surface area contributed by atoms with Gasteiger partial charge in [0.1, 0.15) is 0 Å². The van der Waals surface area contributed by atoms with E-state index in [-0.39, 0.29) is 16.7 Å². The number of anilines is 1. The molecule has 2 aliphatic rings. The summed E-state index contributed by atoms with van der Waals surface area (Å²) in [7, 11) is -3.64. The summed E-state index contributed by atoms with van der Waals surface area (Å²) >= 11 is 0. The average Bonchev–Trinajstić information content (AvgIpc) is 3.58. The Hall–Kier alpha value is -3.04. The van der Waals surface area contributed by atoms with E-state index in [9.17, 15) is 13.2 Å². The van der Waals surface area contributed by atoms with E-state index in [1.54, 1.807) is 24.3 Å². The smallest absolute Gasteiger partial charge is 0.243 e. The zero-order valence-electron chi connectivity index (χ0n) is 19.3. The first-order chi connectivity index (χ1) is 16.3. The van der Waals surface area contributed by atoms with Gasteiger partial charge < -0.3 is 9.84 Å². The van der Waals surface area contributed by atoms with Crippen molar-refractivity contribution in [3.63, 3.8) is 0 Å². The molecule has 0 radical (unpaired) electrons. The number of hydrogen-bond acceptors (Lipinski definition) is 6. The number of rotatable bonds is 6. The molecule has 0 atom stereocenters. The van der Waals surface area contributed by atoms with Gasteiger partial charge in [0.05, 0.1) is 4.90 Å². The van der Waals surface area contributed by atoms with E-state index in [0.717, 1.165) is 35.2 Å². The first-order valence-electron chi connectivity index (χ1n) is 11.6. The topological polar surface area (TPSA) is 105 Å². The minimum absolute atomic E-state index is 0.0548. The molecule has 9 heteroatoms. The van der Waals surface area contributed by atoms with E-state index in [1.807, 2.05) is 32.0 Å². The van der Waals surface area contributed by atoms with Crippen LogP contribution in [0.3, 0.4) is 0 Å².